The highest BCUT2D eigenvalue weighted by molar-refractivity contribution is 5.62. The average molecular weight is 284 g/mol. The lowest BCUT2D eigenvalue weighted by molar-refractivity contribution is 0.590. The zero-order valence-electron chi connectivity index (χ0n) is 13.6. The summed E-state index contributed by atoms with van der Waals surface area (Å²) in [4.78, 5) is 19.5. The molecule has 0 radical (unpaired) electrons. The van der Waals surface area contributed by atoms with Gasteiger partial charge in [0.2, 0.25) is 0 Å². The molecule has 1 N–H and O–H groups in total. The molecule has 0 saturated heterocycles. The van der Waals surface area contributed by atoms with E-state index >= 15 is 0 Å². The molecule has 0 saturated carbocycles. The third-order valence-corrected chi connectivity index (χ3v) is 3.71. The van der Waals surface area contributed by atoms with Gasteiger partial charge in [0.05, 0.1) is 5.69 Å². The first-order chi connectivity index (χ1) is 9.82. The van der Waals surface area contributed by atoms with Crippen LogP contribution in [0.4, 0.5) is 0 Å². The van der Waals surface area contributed by atoms with Gasteiger partial charge in [-0.2, -0.15) is 0 Å². The molecule has 2 rings (SSSR count). The molecule has 0 aliphatic heterocycles. The molecule has 2 aromatic rings. The summed E-state index contributed by atoms with van der Waals surface area (Å²) in [6.07, 6.45) is 1.76. The summed E-state index contributed by atoms with van der Waals surface area (Å²) in [5, 5.41) is 0. The Kier molecular flexibility index (Phi) is 4.31. The van der Waals surface area contributed by atoms with E-state index in [2.05, 4.69) is 61.9 Å². The van der Waals surface area contributed by atoms with Crippen LogP contribution in [0.25, 0.3) is 11.3 Å². The van der Waals surface area contributed by atoms with Gasteiger partial charge in [0, 0.05) is 17.5 Å². The molecule has 1 heterocycles. The van der Waals surface area contributed by atoms with Gasteiger partial charge >= 0.3 is 0 Å². The molecule has 0 bridgehead atoms. The Hall–Kier alpha value is -1.90. The van der Waals surface area contributed by atoms with Crippen LogP contribution in [-0.4, -0.2) is 9.97 Å². The van der Waals surface area contributed by atoms with Crippen molar-refractivity contribution < 1.29 is 0 Å². The molecular formula is C18H24N2O. The van der Waals surface area contributed by atoms with Crippen molar-refractivity contribution in [3.8, 4) is 11.3 Å². The largest absolute Gasteiger partial charge is 0.310 e. The van der Waals surface area contributed by atoms with Gasteiger partial charge in [-0.25, -0.2) is 4.98 Å². The molecule has 3 heteroatoms. The number of benzene rings is 1. The van der Waals surface area contributed by atoms with Gasteiger partial charge in [0.15, 0.2) is 0 Å². The van der Waals surface area contributed by atoms with Crippen molar-refractivity contribution in [1.29, 1.82) is 0 Å². The molecule has 0 aliphatic carbocycles. The summed E-state index contributed by atoms with van der Waals surface area (Å²) >= 11 is 0. The lowest BCUT2D eigenvalue weighted by Gasteiger charge is -2.19. The number of hydrogen-bond acceptors (Lipinski definition) is 2. The number of hydrogen-bond donors (Lipinski definition) is 1. The minimum absolute atomic E-state index is 0.0386. The van der Waals surface area contributed by atoms with Gasteiger partial charge < -0.3 is 4.98 Å². The van der Waals surface area contributed by atoms with E-state index in [4.69, 9.17) is 0 Å². The molecule has 112 valence electrons. The van der Waals surface area contributed by atoms with E-state index in [9.17, 15) is 4.79 Å². The van der Waals surface area contributed by atoms with Crippen molar-refractivity contribution in [2.75, 3.05) is 0 Å². The highest BCUT2D eigenvalue weighted by Gasteiger charge is 2.14. The van der Waals surface area contributed by atoms with Gasteiger partial charge in [-0.1, -0.05) is 52.0 Å². The minimum atomic E-state index is -0.0386. The fraction of sp³-hybridized carbons (Fsp3) is 0.444. The lowest BCUT2D eigenvalue weighted by Crippen LogP contribution is -2.16. The van der Waals surface area contributed by atoms with Crippen LogP contribution in [0.3, 0.4) is 0 Å². The van der Waals surface area contributed by atoms with Crippen molar-refractivity contribution in [2.45, 2.75) is 52.9 Å². The number of aromatic amines is 1. The maximum absolute atomic E-state index is 12.0. The quantitative estimate of drug-likeness (QED) is 0.926. The Bertz CT molecular complexity index is 676. The first kappa shape index (κ1) is 15.5. The third kappa shape index (κ3) is 3.41. The first-order valence-corrected chi connectivity index (χ1v) is 7.53. The van der Waals surface area contributed by atoms with Gasteiger partial charge in [-0.05, 0) is 24.3 Å². The van der Waals surface area contributed by atoms with E-state index in [0.29, 0.717) is 5.56 Å². The fourth-order valence-electron chi connectivity index (χ4n) is 2.34. The smallest absolute Gasteiger partial charge is 0.254 e. The summed E-state index contributed by atoms with van der Waals surface area (Å²) in [6, 6.07) is 8.37. The van der Waals surface area contributed by atoms with E-state index in [-0.39, 0.29) is 11.0 Å². The van der Waals surface area contributed by atoms with Crippen molar-refractivity contribution in [3.63, 3.8) is 0 Å². The predicted octanol–water partition coefficient (Wildman–Crippen LogP) is 4.00. The zero-order chi connectivity index (χ0) is 15.6. The zero-order valence-corrected chi connectivity index (χ0v) is 13.6. The molecule has 0 unspecified atom stereocenters. The van der Waals surface area contributed by atoms with Crippen LogP contribution >= 0.6 is 0 Å². The Morgan fingerprint density at radius 2 is 1.76 bits per heavy atom. The van der Waals surface area contributed by atoms with Gasteiger partial charge in [-0.3, -0.25) is 4.79 Å². The summed E-state index contributed by atoms with van der Waals surface area (Å²) in [7, 11) is 0. The van der Waals surface area contributed by atoms with Crippen LogP contribution in [0.2, 0.25) is 0 Å². The van der Waals surface area contributed by atoms with Crippen LogP contribution in [0.5, 0.6) is 0 Å². The Morgan fingerprint density at radius 1 is 1.14 bits per heavy atom. The molecule has 0 aliphatic rings. The van der Waals surface area contributed by atoms with E-state index < -0.39 is 0 Å². The maximum atomic E-state index is 12.0. The number of nitrogens with one attached hydrogen (secondary N) is 1. The Labute approximate surface area is 126 Å². The highest BCUT2D eigenvalue weighted by Crippen LogP contribution is 2.26. The van der Waals surface area contributed by atoms with Crippen LogP contribution in [0.15, 0.2) is 29.1 Å². The van der Waals surface area contributed by atoms with Crippen molar-refractivity contribution in [1.82, 2.24) is 9.97 Å². The molecule has 21 heavy (non-hydrogen) atoms. The van der Waals surface area contributed by atoms with Crippen LogP contribution in [-0.2, 0) is 11.8 Å². The molecule has 0 fully saturated rings. The number of H-pyrrole nitrogens is 1. The standard InChI is InChI=1S/C18H24N2O/c1-6-7-15-19-16(12(2)17(21)20-15)13-8-10-14(11-9-13)18(3,4)5/h8-11H,6-7H2,1-5H3,(H,19,20,21). The van der Waals surface area contributed by atoms with E-state index in [0.717, 1.165) is 29.9 Å². The van der Waals surface area contributed by atoms with Crippen molar-refractivity contribution in [2.24, 2.45) is 0 Å². The summed E-state index contributed by atoms with van der Waals surface area (Å²) in [5.41, 5.74) is 3.85. The second kappa shape index (κ2) is 5.84. The molecule has 3 nitrogen and oxygen atoms in total. The topological polar surface area (TPSA) is 45.8 Å². The monoisotopic (exact) mass is 284 g/mol. The SMILES string of the molecule is CCCc1nc(-c2ccc(C(C)(C)C)cc2)c(C)c(=O)[nH]1. The van der Waals surface area contributed by atoms with E-state index in [1.165, 1.54) is 5.56 Å². The molecule has 1 aromatic heterocycles. The van der Waals surface area contributed by atoms with E-state index in [1.54, 1.807) is 0 Å². The van der Waals surface area contributed by atoms with Crippen LogP contribution in [0, 0.1) is 6.92 Å². The highest BCUT2D eigenvalue weighted by atomic mass is 16.1. The third-order valence-electron chi connectivity index (χ3n) is 3.71. The second-order valence-electron chi connectivity index (χ2n) is 6.56. The minimum Gasteiger partial charge on any atom is -0.310 e. The van der Waals surface area contributed by atoms with Crippen LogP contribution < -0.4 is 5.56 Å². The Balaban J connectivity index is 2.48. The summed E-state index contributed by atoms with van der Waals surface area (Å²) < 4.78 is 0. The lowest BCUT2D eigenvalue weighted by atomic mass is 9.86. The number of rotatable bonds is 3. The van der Waals surface area contributed by atoms with Gasteiger partial charge in [0.1, 0.15) is 5.82 Å². The van der Waals surface area contributed by atoms with Crippen molar-refractivity contribution in [3.05, 3.63) is 51.6 Å². The predicted molar refractivity (Wildman–Crippen MR) is 87.7 cm³/mol. The number of aryl methyl sites for hydroxylation is 1. The number of nitrogens with zero attached hydrogens (tertiary/aromatic N) is 1. The average Bonchev–Trinajstić information content (AvgIpc) is 2.42. The number of aromatic nitrogens is 2. The molecule has 0 atom stereocenters. The summed E-state index contributed by atoms with van der Waals surface area (Å²) in [6.45, 7) is 10.5. The van der Waals surface area contributed by atoms with E-state index in [1.807, 2.05) is 6.92 Å². The Morgan fingerprint density at radius 3 is 2.29 bits per heavy atom. The maximum Gasteiger partial charge on any atom is 0.254 e. The molecule has 0 spiro atoms. The molecule has 1 aromatic carbocycles. The van der Waals surface area contributed by atoms with Gasteiger partial charge in [-0.15, -0.1) is 0 Å². The fourth-order valence-corrected chi connectivity index (χ4v) is 2.34. The second-order valence-corrected chi connectivity index (χ2v) is 6.56. The molecular weight excluding hydrogens is 260 g/mol. The van der Waals surface area contributed by atoms with Crippen LogP contribution in [0.1, 0.15) is 51.1 Å². The molecule has 0 amide bonds. The van der Waals surface area contributed by atoms with Gasteiger partial charge in [0.25, 0.3) is 5.56 Å². The summed E-state index contributed by atoms with van der Waals surface area (Å²) in [5.74, 6) is 0.767. The van der Waals surface area contributed by atoms with Crippen molar-refractivity contribution >= 4 is 0 Å². The first-order valence-electron chi connectivity index (χ1n) is 7.53. The normalized spacial score (nSPS) is 11.7.